The zero-order chi connectivity index (χ0) is 29.4. The molecule has 1 amide bonds. The van der Waals surface area contributed by atoms with Gasteiger partial charge in [-0.1, -0.05) is 36.4 Å². The molecule has 41 heavy (non-hydrogen) atoms. The van der Waals surface area contributed by atoms with Crippen LogP contribution in [-0.2, 0) is 11.2 Å². The van der Waals surface area contributed by atoms with Crippen LogP contribution in [0.3, 0.4) is 0 Å². The summed E-state index contributed by atoms with van der Waals surface area (Å²) in [5.74, 6) is -2.33. The van der Waals surface area contributed by atoms with Crippen molar-refractivity contribution in [3.63, 3.8) is 0 Å². The van der Waals surface area contributed by atoms with Crippen molar-refractivity contribution >= 4 is 6.09 Å². The van der Waals surface area contributed by atoms with E-state index in [1.807, 2.05) is 36.4 Å². The number of fused-ring (bicyclic) bond motifs is 1. The summed E-state index contributed by atoms with van der Waals surface area (Å²) in [4.78, 5) is 13.8. The van der Waals surface area contributed by atoms with Gasteiger partial charge in [0.1, 0.15) is 29.5 Å². The molecule has 9 heteroatoms. The Bertz CT molecular complexity index is 1380. The number of nitrogens with zero attached hydrogens (tertiary/aromatic N) is 1. The van der Waals surface area contributed by atoms with Crippen molar-refractivity contribution < 1.29 is 32.5 Å². The predicted octanol–water partition coefficient (Wildman–Crippen LogP) is 6.71. The summed E-state index contributed by atoms with van der Waals surface area (Å²) in [5, 5.41) is 13.6. The van der Waals surface area contributed by atoms with Crippen molar-refractivity contribution in [1.82, 2.24) is 10.2 Å². The summed E-state index contributed by atoms with van der Waals surface area (Å²) in [6.45, 7) is 5.92. The van der Waals surface area contributed by atoms with E-state index < -0.39 is 23.8 Å². The van der Waals surface area contributed by atoms with Crippen LogP contribution >= 0.6 is 0 Å². The largest absolute Gasteiger partial charge is 0.487 e. The molecule has 0 radical (unpaired) electrons. The molecule has 3 aromatic carbocycles. The van der Waals surface area contributed by atoms with Gasteiger partial charge in [-0.3, -0.25) is 4.90 Å². The first kappa shape index (κ1) is 29.0. The minimum Gasteiger partial charge on any atom is -0.487 e. The first-order valence-corrected chi connectivity index (χ1v) is 13.8. The highest BCUT2D eigenvalue weighted by Gasteiger charge is 2.36. The Morgan fingerprint density at radius 1 is 1.05 bits per heavy atom. The van der Waals surface area contributed by atoms with Gasteiger partial charge >= 0.3 is 6.09 Å². The van der Waals surface area contributed by atoms with E-state index in [9.17, 15) is 23.1 Å². The standard InChI is InChI=1S/C32H35F3N2O4/c1-31(2,3)41-30(39)36-19-26-17-24-16-23(18-27(28(24)40-26)21-8-10-25(33)11-9-21)20-4-6-22(7-5-20)29(38)37-14-12-32(34,35)13-15-37/h4-11,16,18,26,29,38H,12-15,17,19H2,1-3H3,(H,36,39). The minimum absolute atomic E-state index is 0.131. The van der Waals surface area contributed by atoms with Gasteiger partial charge < -0.3 is 19.9 Å². The van der Waals surface area contributed by atoms with Crippen LogP contribution in [0.5, 0.6) is 5.75 Å². The van der Waals surface area contributed by atoms with Gasteiger partial charge in [0, 0.05) is 37.9 Å². The van der Waals surface area contributed by atoms with Gasteiger partial charge in [0.25, 0.3) is 5.92 Å². The van der Waals surface area contributed by atoms with E-state index in [0.717, 1.165) is 27.8 Å². The van der Waals surface area contributed by atoms with Crippen LogP contribution in [0.15, 0.2) is 60.7 Å². The van der Waals surface area contributed by atoms with Gasteiger partial charge in [0.05, 0.1) is 6.54 Å². The molecule has 2 unspecified atom stereocenters. The molecule has 0 spiro atoms. The van der Waals surface area contributed by atoms with Crippen molar-refractivity contribution in [3.8, 4) is 28.0 Å². The highest BCUT2D eigenvalue weighted by atomic mass is 19.3. The number of carbonyl (C=O) groups is 1. The maximum Gasteiger partial charge on any atom is 0.407 e. The number of ether oxygens (including phenoxy) is 2. The van der Waals surface area contributed by atoms with Gasteiger partial charge in [-0.25, -0.2) is 18.0 Å². The maximum atomic E-state index is 13.7. The van der Waals surface area contributed by atoms with Gasteiger partial charge in [0.2, 0.25) is 0 Å². The van der Waals surface area contributed by atoms with Crippen LogP contribution < -0.4 is 10.1 Å². The smallest absolute Gasteiger partial charge is 0.407 e. The second-order valence-corrected chi connectivity index (χ2v) is 11.7. The van der Waals surface area contributed by atoms with Gasteiger partial charge in [-0.2, -0.15) is 0 Å². The molecule has 2 heterocycles. The van der Waals surface area contributed by atoms with Crippen molar-refractivity contribution in [1.29, 1.82) is 0 Å². The van der Waals surface area contributed by atoms with Crippen LogP contribution in [0.25, 0.3) is 22.3 Å². The van der Waals surface area contributed by atoms with E-state index in [0.29, 0.717) is 17.7 Å². The molecule has 6 nitrogen and oxygen atoms in total. The van der Waals surface area contributed by atoms with Crippen molar-refractivity contribution in [2.45, 2.75) is 63.9 Å². The van der Waals surface area contributed by atoms with Gasteiger partial charge in [-0.05, 0) is 72.9 Å². The van der Waals surface area contributed by atoms with Crippen molar-refractivity contribution in [3.05, 3.63) is 77.6 Å². The molecule has 2 aliphatic rings. The third-order valence-electron chi connectivity index (χ3n) is 7.34. The van der Waals surface area contributed by atoms with Gasteiger partial charge in [0.15, 0.2) is 0 Å². The molecule has 5 rings (SSSR count). The Morgan fingerprint density at radius 2 is 1.68 bits per heavy atom. The van der Waals surface area contributed by atoms with Crippen LogP contribution in [-0.4, -0.2) is 53.4 Å². The molecule has 2 atom stereocenters. The number of piperidine rings is 1. The molecule has 2 N–H and O–H groups in total. The molecule has 0 aromatic heterocycles. The first-order valence-electron chi connectivity index (χ1n) is 13.8. The second-order valence-electron chi connectivity index (χ2n) is 11.7. The topological polar surface area (TPSA) is 71.0 Å². The lowest BCUT2D eigenvalue weighted by Crippen LogP contribution is -2.41. The summed E-state index contributed by atoms with van der Waals surface area (Å²) in [6.07, 6.45) is -1.75. The molecular formula is C32H35F3N2O4. The Hall–Kier alpha value is -3.56. The lowest BCUT2D eigenvalue weighted by atomic mass is 9.93. The number of likely N-dealkylation sites (tertiary alicyclic amines) is 1. The zero-order valence-electron chi connectivity index (χ0n) is 23.4. The summed E-state index contributed by atoms with van der Waals surface area (Å²) in [5.41, 5.74) is 4.38. The molecule has 1 saturated heterocycles. The SMILES string of the molecule is CC(C)(C)OC(=O)NCC1Cc2cc(-c3ccc(C(O)N4CCC(F)(F)CC4)cc3)cc(-c3ccc(F)cc3)c2O1. The maximum absolute atomic E-state index is 13.7. The monoisotopic (exact) mass is 568 g/mol. The number of halogens is 3. The summed E-state index contributed by atoms with van der Waals surface area (Å²) >= 11 is 0. The highest BCUT2D eigenvalue weighted by Crippen LogP contribution is 2.42. The van der Waals surface area contributed by atoms with E-state index in [4.69, 9.17) is 9.47 Å². The summed E-state index contributed by atoms with van der Waals surface area (Å²) < 4.78 is 52.4. The normalized spacial score (nSPS) is 19.2. The number of hydrogen-bond donors (Lipinski definition) is 2. The second kappa shape index (κ2) is 11.4. The van der Waals surface area contributed by atoms with Crippen LogP contribution in [0.2, 0.25) is 0 Å². The number of amides is 1. The van der Waals surface area contributed by atoms with E-state index in [1.165, 1.54) is 12.1 Å². The van der Waals surface area contributed by atoms with E-state index in [2.05, 4.69) is 5.32 Å². The van der Waals surface area contributed by atoms with Crippen molar-refractivity contribution in [2.75, 3.05) is 19.6 Å². The third kappa shape index (κ3) is 7.02. The van der Waals surface area contributed by atoms with E-state index >= 15 is 0 Å². The Labute approximate surface area is 238 Å². The van der Waals surface area contributed by atoms with Crippen LogP contribution in [0.4, 0.5) is 18.0 Å². The quantitative estimate of drug-likeness (QED) is 0.346. The summed E-state index contributed by atoms with van der Waals surface area (Å²) in [7, 11) is 0. The molecule has 0 bridgehead atoms. The third-order valence-corrected chi connectivity index (χ3v) is 7.34. The summed E-state index contributed by atoms with van der Waals surface area (Å²) in [6, 6.07) is 17.6. The molecule has 1 fully saturated rings. The fraction of sp³-hybridized carbons (Fsp3) is 0.406. The Balaban J connectivity index is 1.37. The number of aliphatic hydroxyl groups excluding tert-OH is 1. The Morgan fingerprint density at radius 3 is 2.32 bits per heavy atom. The average molecular weight is 569 g/mol. The minimum atomic E-state index is -2.68. The molecule has 3 aromatic rings. The average Bonchev–Trinajstić information content (AvgIpc) is 3.34. The van der Waals surface area contributed by atoms with E-state index in [1.54, 1.807) is 37.8 Å². The van der Waals surface area contributed by atoms with Crippen molar-refractivity contribution in [2.24, 2.45) is 0 Å². The lowest BCUT2D eigenvalue weighted by Gasteiger charge is -2.35. The molecule has 218 valence electrons. The number of alkyl halides is 2. The number of nitrogens with one attached hydrogen (secondary N) is 1. The highest BCUT2D eigenvalue weighted by molar-refractivity contribution is 5.80. The molecule has 0 saturated carbocycles. The zero-order valence-corrected chi connectivity index (χ0v) is 23.4. The van der Waals surface area contributed by atoms with Crippen LogP contribution in [0, 0.1) is 5.82 Å². The molecule has 0 aliphatic carbocycles. The fourth-order valence-corrected chi connectivity index (χ4v) is 5.22. The number of aliphatic hydroxyl groups is 1. The van der Waals surface area contributed by atoms with Crippen LogP contribution in [0.1, 0.15) is 51.0 Å². The number of hydrogen-bond acceptors (Lipinski definition) is 5. The predicted molar refractivity (Wildman–Crippen MR) is 150 cm³/mol. The molecular weight excluding hydrogens is 533 g/mol. The number of benzene rings is 3. The number of alkyl carbamates (subject to hydrolysis) is 1. The molecule has 2 aliphatic heterocycles. The van der Waals surface area contributed by atoms with E-state index in [-0.39, 0.29) is 44.4 Å². The Kier molecular flexibility index (Phi) is 8.03. The number of carbonyl (C=O) groups excluding carboxylic acids is 1. The lowest BCUT2D eigenvalue weighted by molar-refractivity contribution is -0.0961. The van der Waals surface area contributed by atoms with Gasteiger partial charge in [-0.15, -0.1) is 0 Å². The number of rotatable bonds is 6. The first-order chi connectivity index (χ1) is 19.4. The fourth-order valence-electron chi connectivity index (χ4n) is 5.22.